The highest BCUT2D eigenvalue weighted by Gasteiger charge is 2.19. The highest BCUT2D eigenvalue weighted by atomic mass is 19.3. The van der Waals surface area contributed by atoms with Crippen LogP contribution >= 0.6 is 0 Å². The summed E-state index contributed by atoms with van der Waals surface area (Å²) in [6.45, 7) is 0. The zero-order valence-electron chi connectivity index (χ0n) is 8.12. The van der Waals surface area contributed by atoms with Crippen LogP contribution in [0.1, 0.15) is 10.4 Å². The molecule has 0 aliphatic rings. The molecule has 0 N–H and O–H groups in total. The fraction of sp³-hybridized carbons (Fsp3) is 0. The molecule has 0 saturated carbocycles. The molecular formula is C10H4F3NO3. The van der Waals surface area contributed by atoms with Crippen LogP contribution in [0.2, 0.25) is 0 Å². The number of carbonyl (C=O) groups excluding carboxylic acids is 1. The summed E-state index contributed by atoms with van der Waals surface area (Å²) in [5, 5.41) is 0. The van der Waals surface area contributed by atoms with Gasteiger partial charge in [-0.1, -0.05) is 0 Å². The first-order valence-electron chi connectivity index (χ1n) is 4.34. The van der Waals surface area contributed by atoms with E-state index < -0.39 is 28.7 Å². The number of hydrogen-bond acceptors (Lipinski definition) is 4. The Morgan fingerprint density at radius 3 is 2.41 bits per heavy atom. The molecule has 0 unspecified atom stereocenters. The number of rotatable bonds is 2. The van der Waals surface area contributed by atoms with E-state index in [0.717, 1.165) is 12.6 Å². The Bertz CT molecular complexity index is 531. The van der Waals surface area contributed by atoms with Crippen molar-refractivity contribution in [1.29, 1.82) is 0 Å². The van der Waals surface area contributed by atoms with Gasteiger partial charge in [0.1, 0.15) is 11.6 Å². The number of oxazole rings is 1. The van der Waals surface area contributed by atoms with Crippen molar-refractivity contribution in [3.8, 4) is 11.3 Å². The number of carbonyl (C=O) groups is 1. The normalized spacial score (nSPS) is 10.3. The molecule has 0 fully saturated rings. The molecule has 2 rings (SSSR count). The van der Waals surface area contributed by atoms with Crippen LogP contribution in [0.25, 0.3) is 11.3 Å². The second-order valence-corrected chi connectivity index (χ2v) is 3.05. The average molecular weight is 243 g/mol. The highest BCUT2D eigenvalue weighted by Crippen LogP contribution is 2.27. The van der Waals surface area contributed by atoms with Gasteiger partial charge in [0, 0.05) is 4.53 Å². The van der Waals surface area contributed by atoms with Crippen molar-refractivity contribution < 1.29 is 27.5 Å². The molecule has 2 aromatic rings. The van der Waals surface area contributed by atoms with Crippen molar-refractivity contribution in [2.24, 2.45) is 0 Å². The Hall–Kier alpha value is -2.31. The summed E-state index contributed by atoms with van der Waals surface area (Å²) in [5.41, 5.74) is -1.07. The van der Waals surface area contributed by atoms with Crippen LogP contribution in [-0.2, 0) is 4.94 Å². The third-order valence-electron chi connectivity index (χ3n) is 2.03. The van der Waals surface area contributed by atoms with Gasteiger partial charge in [-0.25, -0.2) is 23.5 Å². The highest BCUT2D eigenvalue weighted by molar-refractivity contribution is 5.89. The zero-order valence-corrected chi connectivity index (χ0v) is 8.12. The Balaban J connectivity index is 2.54. The van der Waals surface area contributed by atoms with Gasteiger partial charge in [-0.15, -0.1) is 0 Å². The van der Waals surface area contributed by atoms with Crippen LogP contribution in [-0.4, -0.2) is 11.0 Å². The van der Waals surface area contributed by atoms with Crippen molar-refractivity contribution in [2.75, 3.05) is 0 Å². The Morgan fingerprint density at radius 1 is 1.29 bits per heavy atom. The number of halogens is 3. The van der Waals surface area contributed by atoms with Crippen molar-refractivity contribution in [2.45, 2.75) is 0 Å². The molecule has 0 radical (unpaired) electrons. The maximum atomic E-state index is 13.5. The van der Waals surface area contributed by atoms with E-state index in [0.29, 0.717) is 12.1 Å². The van der Waals surface area contributed by atoms with Crippen LogP contribution in [0.15, 0.2) is 29.1 Å². The van der Waals surface area contributed by atoms with Gasteiger partial charge >= 0.3 is 5.97 Å². The third kappa shape index (κ3) is 1.99. The van der Waals surface area contributed by atoms with Gasteiger partial charge in [-0.2, -0.15) is 0 Å². The van der Waals surface area contributed by atoms with Crippen LogP contribution in [0.3, 0.4) is 0 Å². The van der Waals surface area contributed by atoms with E-state index in [-0.39, 0.29) is 5.76 Å². The predicted molar refractivity (Wildman–Crippen MR) is 48.4 cm³/mol. The number of nitrogens with zero attached hydrogens (tertiary/aromatic N) is 1. The molecule has 1 aromatic heterocycles. The standard InChI is InChI=1S/C10H4F3NO3/c11-6-1-5(10(15)17-13)2-7(12)9(6)8-3-14-4-16-8/h1-4H. The van der Waals surface area contributed by atoms with E-state index in [1.165, 1.54) is 0 Å². The molecule has 0 spiro atoms. The second kappa shape index (κ2) is 4.28. The Labute approximate surface area is 92.5 Å². The lowest BCUT2D eigenvalue weighted by Gasteiger charge is -2.03. The smallest absolute Gasteiger partial charge is 0.379 e. The first-order valence-corrected chi connectivity index (χ1v) is 4.34. The summed E-state index contributed by atoms with van der Waals surface area (Å²) in [5.74, 6) is -3.78. The van der Waals surface area contributed by atoms with Crippen molar-refractivity contribution in [3.05, 3.63) is 41.9 Å². The maximum Gasteiger partial charge on any atom is 0.379 e. The quantitative estimate of drug-likeness (QED) is 0.813. The van der Waals surface area contributed by atoms with E-state index in [1.807, 2.05) is 0 Å². The van der Waals surface area contributed by atoms with Crippen LogP contribution in [0.5, 0.6) is 0 Å². The average Bonchev–Trinajstić information content (AvgIpc) is 2.80. The molecule has 0 amide bonds. The monoisotopic (exact) mass is 243 g/mol. The molecule has 0 aliphatic heterocycles. The van der Waals surface area contributed by atoms with Gasteiger partial charge < -0.3 is 4.42 Å². The fourth-order valence-corrected chi connectivity index (χ4v) is 1.31. The minimum absolute atomic E-state index is 0.139. The molecule has 1 aromatic carbocycles. The summed E-state index contributed by atoms with van der Waals surface area (Å²) in [7, 11) is 0. The van der Waals surface area contributed by atoms with Crippen molar-refractivity contribution in [3.63, 3.8) is 0 Å². The van der Waals surface area contributed by atoms with E-state index in [1.54, 1.807) is 0 Å². The molecule has 88 valence electrons. The molecule has 17 heavy (non-hydrogen) atoms. The van der Waals surface area contributed by atoms with E-state index >= 15 is 0 Å². The van der Waals surface area contributed by atoms with Gasteiger partial charge in [-0.05, 0) is 12.1 Å². The van der Waals surface area contributed by atoms with E-state index in [9.17, 15) is 18.1 Å². The van der Waals surface area contributed by atoms with Gasteiger partial charge in [-0.3, -0.25) is 0 Å². The molecule has 0 bridgehead atoms. The third-order valence-corrected chi connectivity index (χ3v) is 2.03. The minimum atomic E-state index is -1.48. The van der Waals surface area contributed by atoms with E-state index in [4.69, 9.17) is 4.42 Å². The number of benzene rings is 1. The Kier molecular flexibility index (Phi) is 2.82. The van der Waals surface area contributed by atoms with Crippen LogP contribution < -0.4 is 0 Å². The van der Waals surface area contributed by atoms with Crippen LogP contribution in [0.4, 0.5) is 13.3 Å². The summed E-state index contributed by atoms with van der Waals surface area (Å²) in [6, 6.07) is 1.28. The second-order valence-electron chi connectivity index (χ2n) is 3.05. The number of hydrogen-bond donors (Lipinski definition) is 0. The molecule has 0 atom stereocenters. The SMILES string of the molecule is O=C(OF)c1cc(F)c(-c2cnco2)c(F)c1. The largest absolute Gasteiger partial charge is 0.443 e. The summed E-state index contributed by atoms with van der Waals surface area (Å²) in [4.78, 5) is 17.1. The lowest BCUT2D eigenvalue weighted by molar-refractivity contribution is -0.0788. The molecule has 7 heteroatoms. The lowest BCUT2D eigenvalue weighted by Crippen LogP contribution is -2.02. The molecule has 1 heterocycles. The van der Waals surface area contributed by atoms with E-state index in [2.05, 4.69) is 9.93 Å². The summed E-state index contributed by atoms with van der Waals surface area (Å²) < 4.78 is 43.3. The fourth-order valence-electron chi connectivity index (χ4n) is 1.31. The van der Waals surface area contributed by atoms with Gasteiger partial charge in [0.05, 0.1) is 17.3 Å². The molecule has 4 nitrogen and oxygen atoms in total. The molecular weight excluding hydrogens is 239 g/mol. The van der Waals surface area contributed by atoms with Crippen molar-refractivity contribution >= 4 is 5.97 Å². The Morgan fingerprint density at radius 2 is 1.94 bits per heavy atom. The van der Waals surface area contributed by atoms with Gasteiger partial charge in [0.25, 0.3) is 0 Å². The lowest BCUT2D eigenvalue weighted by atomic mass is 10.1. The van der Waals surface area contributed by atoms with Crippen molar-refractivity contribution in [1.82, 2.24) is 4.98 Å². The minimum Gasteiger partial charge on any atom is -0.443 e. The molecule has 0 saturated heterocycles. The predicted octanol–water partition coefficient (Wildman–Crippen LogP) is 2.66. The number of aromatic nitrogens is 1. The zero-order chi connectivity index (χ0) is 12.4. The van der Waals surface area contributed by atoms with Gasteiger partial charge in [0.15, 0.2) is 12.2 Å². The first kappa shape index (κ1) is 11.2. The topological polar surface area (TPSA) is 52.3 Å². The summed E-state index contributed by atoms with van der Waals surface area (Å²) >= 11 is 0. The van der Waals surface area contributed by atoms with Gasteiger partial charge in [0.2, 0.25) is 0 Å². The first-order chi connectivity index (χ1) is 8.13. The van der Waals surface area contributed by atoms with Crippen LogP contribution in [0, 0.1) is 11.6 Å². The summed E-state index contributed by atoms with van der Waals surface area (Å²) in [6.07, 6.45) is 2.10. The maximum absolute atomic E-state index is 13.5. The molecule has 0 aliphatic carbocycles.